The van der Waals surface area contributed by atoms with Crippen molar-refractivity contribution in [2.75, 3.05) is 49.2 Å². The third-order valence-corrected chi connectivity index (χ3v) is 6.79. The number of carbonyl (C=O) groups is 1. The molecule has 7 heteroatoms. The molecular formula is C28H24ClN3O3. The predicted molar refractivity (Wildman–Crippen MR) is 138 cm³/mol. The minimum Gasteiger partial charge on any atom is -0.486 e. The predicted octanol–water partition coefficient (Wildman–Crippen LogP) is 5.22. The maximum Gasteiger partial charge on any atom is 0.196 e. The molecule has 2 aliphatic heterocycles. The van der Waals surface area contributed by atoms with Gasteiger partial charge in [-0.1, -0.05) is 48.0 Å². The molecule has 3 heterocycles. The van der Waals surface area contributed by atoms with Gasteiger partial charge in [-0.25, -0.2) is 0 Å². The average molecular weight is 486 g/mol. The Bertz CT molecular complexity index is 1400. The molecule has 0 aliphatic carbocycles. The number of nitrogens with zero attached hydrogens (tertiary/aromatic N) is 3. The van der Waals surface area contributed by atoms with E-state index in [4.69, 9.17) is 21.1 Å². The maximum absolute atomic E-state index is 13.6. The monoisotopic (exact) mass is 485 g/mol. The number of benzene rings is 3. The number of pyridine rings is 1. The molecule has 6 rings (SSSR count). The highest BCUT2D eigenvalue weighted by atomic mass is 35.5. The van der Waals surface area contributed by atoms with E-state index < -0.39 is 0 Å². The first kappa shape index (κ1) is 21.7. The Morgan fingerprint density at radius 2 is 1.54 bits per heavy atom. The summed E-state index contributed by atoms with van der Waals surface area (Å²) in [6.07, 6.45) is 1.70. The average Bonchev–Trinajstić information content (AvgIpc) is 2.91. The summed E-state index contributed by atoms with van der Waals surface area (Å²) in [5, 5.41) is 1.63. The van der Waals surface area contributed by atoms with E-state index in [1.807, 2.05) is 60.7 Å². The summed E-state index contributed by atoms with van der Waals surface area (Å²) in [6, 6.07) is 21.2. The SMILES string of the molecule is O=C(c1ccccc1)c1cnc2cc3c(cc2c1N1CCN(c2cccc(Cl)c2)CC1)OCCO3. The fourth-order valence-electron chi connectivity index (χ4n) is 4.83. The zero-order chi connectivity index (χ0) is 23.8. The van der Waals surface area contributed by atoms with Gasteiger partial charge in [-0.05, 0) is 24.3 Å². The largest absolute Gasteiger partial charge is 0.486 e. The number of piperazine rings is 1. The maximum atomic E-state index is 13.6. The van der Waals surface area contributed by atoms with Crippen molar-refractivity contribution in [3.8, 4) is 11.5 Å². The molecule has 0 unspecified atom stereocenters. The second-order valence-corrected chi connectivity index (χ2v) is 9.12. The van der Waals surface area contributed by atoms with Gasteiger partial charge < -0.3 is 19.3 Å². The number of ketones is 1. The molecule has 176 valence electrons. The van der Waals surface area contributed by atoms with Gasteiger partial charge in [0, 0.05) is 60.1 Å². The molecule has 3 aromatic carbocycles. The fourth-order valence-corrected chi connectivity index (χ4v) is 5.01. The van der Waals surface area contributed by atoms with Crippen LogP contribution in [0, 0.1) is 0 Å². The van der Waals surface area contributed by atoms with E-state index in [1.165, 1.54) is 0 Å². The van der Waals surface area contributed by atoms with Crippen LogP contribution in [0.15, 0.2) is 72.9 Å². The third-order valence-electron chi connectivity index (χ3n) is 6.55. The summed E-state index contributed by atoms with van der Waals surface area (Å²) in [5.41, 5.74) is 4.02. The molecule has 0 N–H and O–H groups in total. The molecule has 0 bridgehead atoms. The van der Waals surface area contributed by atoms with Crippen LogP contribution in [0.25, 0.3) is 10.9 Å². The van der Waals surface area contributed by atoms with Crippen LogP contribution in [-0.2, 0) is 0 Å². The number of hydrogen-bond acceptors (Lipinski definition) is 6. The van der Waals surface area contributed by atoms with Crippen molar-refractivity contribution >= 4 is 39.7 Å². The lowest BCUT2D eigenvalue weighted by molar-refractivity contribution is 0.103. The van der Waals surface area contributed by atoms with Crippen LogP contribution in [0.3, 0.4) is 0 Å². The number of hydrogen-bond donors (Lipinski definition) is 0. The van der Waals surface area contributed by atoms with E-state index >= 15 is 0 Å². The van der Waals surface area contributed by atoms with Crippen molar-refractivity contribution in [3.63, 3.8) is 0 Å². The quantitative estimate of drug-likeness (QED) is 0.369. The summed E-state index contributed by atoms with van der Waals surface area (Å²) in [7, 11) is 0. The van der Waals surface area contributed by atoms with E-state index in [0.717, 1.165) is 53.5 Å². The van der Waals surface area contributed by atoms with Crippen LogP contribution < -0.4 is 19.3 Å². The molecule has 0 amide bonds. The molecule has 0 atom stereocenters. The Morgan fingerprint density at radius 1 is 0.829 bits per heavy atom. The molecule has 0 spiro atoms. The Hall–Kier alpha value is -3.77. The van der Waals surface area contributed by atoms with Crippen molar-refractivity contribution in [1.29, 1.82) is 0 Å². The molecule has 1 aromatic heterocycles. The number of rotatable bonds is 4. The molecule has 1 fully saturated rings. The molecule has 4 aromatic rings. The zero-order valence-corrected chi connectivity index (χ0v) is 19.9. The van der Waals surface area contributed by atoms with Crippen molar-refractivity contribution < 1.29 is 14.3 Å². The highest BCUT2D eigenvalue weighted by Crippen LogP contribution is 2.40. The molecular weight excluding hydrogens is 462 g/mol. The molecule has 0 radical (unpaired) electrons. The first-order valence-corrected chi connectivity index (χ1v) is 12.1. The number of ether oxygens (including phenoxy) is 2. The minimum absolute atomic E-state index is 0.0397. The third kappa shape index (κ3) is 4.15. The number of anilines is 2. The molecule has 1 saturated heterocycles. The van der Waals surface area contributed by atoms with Crippen molar-refractivity contribution in [1.82, 2.24) is 4.98 Å². The van der Waals surface area contributed by atoms with Crippen LogP contribution in [0.5, 0.6) is 11.5 Å². The first-order valence-electron chi connectivity index (χ1n) is 11.7. The number of aromatic nitrogens is 1. The summed E-state index contributed by atoms with van der Waals surface area (Å²) in [4.78, 5) is 22.9. The number of fused-ring (bicyclic) bond motifs is 2. The lowest BCUT2D eigenvalue weighted by Crippen LogP contribution is -2.47. The molecule has 35 heavy (non-hydrogen) atoms. The van der Waals surface area contributed by atoms with Gasteiger partial charge in [0.15, 0.2) is 17.3 Å². The van der Waals surface area contributed by atoms with Gasteiger partial charge in [-0.3, -0.25) is 9.78 Å². The van der Waals surface area contributed by atoms with Crippen molar-refractivity contribution in [2.24, 2.45) is 0 Å². The van der Waals surface area contributed by atoms with Gasteiger partial charge >= 0.3 is 0 Å². The summed E-state index contributed by atoms with van der Waals surface area (Å²) >= 11 is 6.22. The Balaban J connectivity index is 1.42. The van der Waals surface area contributed by atoms with Gasteiger partial charge in [-0.15, -0.1) is 0 Å². The lowest BCUT2D eigenvalue weighted by atomic mass is 9.99. The van der Waals surface area contributed by atoms with Gasteiger partial charge in [-0.2, -0.15) is 0 Å². The van der Waals surface area contributed by atoms with E-state index in [9.17, 15) is 4.79 Å². The van der Waals surface area contributed by atoms with Gasteiger partial charge in [0.25, 0.3) is 0 Å². The highest BCUT2D eigenvalue weighted by molar-refractivity contribution is 6.30. The standard InChI is InChI=1S/C28H24ClN3O3/c29-20-7-4-8-21(15-20)31-9-11-32(12-10-31)27-22-16-25-26(35-14-13-34-25)17-24(22)30-18-23(27)28(33)19-5-2-1-3-6-19/h1-8,15-18H,9-14H2. The first-order chi connectivity index (χ1) is 17.2. The smallest absolute Gasteiger partial charge is 0.196 e. The zero-order valence-electron chi connectivity index (χ0n) is 19.1. The Labute approximate surface area is 208 Å². The lowest BCUT2D eigenvalue weighted by Gasteiger charge is -2.38. The topological polar surface area (TPSA) is 54.9 Å². The second kappa shape index (κ2) is 9.12. The van der Waals surface area contributed by atoms with Gasteiger partial charge in [0.05, 0.1) is 16.8 Å². The van der Waals surface area contributed by atoms with Crippen LogP contribution >= 0.6 is 11.6 Å². The van der Waals surface area contributed by atoms with Crippen molar-refractivity contribution in [3.05, 3.63) is 89.1 Å². The van der Waals surface area contributed by atoms with E-state index in [1.54, 1.807) is 6.20 Å². The molecule has 6 nitrogen and oxygen atoms in total. The van der Waals surface area contributed by atoms with Crippen molar-refractivity contribution in [2.45, 2.75) is 0 Å². The minimum atomic E-state index is -0.0397. The molecule has 0 saturated carbocycles. The van der Waals surface area contributed by atoms with E-state index in [0.29, 0.717) is 35.8 Å². The van der Waals surface area contributed by atoms with E-state index in [2.05, 4.69) is 20.9 Å². The highest BCUT2D eigenvalue weighted by Gasteiger charge is 2.26. The van der Waals surface area contributed by atoms with Gasteiger partial charge in [0.2, 0.25) is 0 Å². The van der Waals surface area contributed by atoms with Crippen LogP contribution in [-0.4, -0.2) is 50.2 Å². The summed E-state index contributed by atoms with van der Waals surface area (Å²) < 4.78 is 11.6. The molecule has 2 aliphatic rings. The summed E-state index contributed by atoms with van der Waals surface area (Å²) in [5.74, 6) is 1.34. The van der Waals surface area contributed by atoms with E-state index in [-0.39, 0.29) is 5.78 Å². The van der Waals surface area contributed by atoms with Crippen LogP contribution in [0.2, 0.25) is 5.02 Å². The van der Waals surface area contributed by atoms with Gasteiger partial charge in [0.1, 0.15) is 13.2 Å². The van der Waals surface area contributed by atoms with Crippen LogP contribution in [0.1, 0.15) is 15.9 Å². The second-order valence-electron chi connectivity index (χ2n) is 8.68. The number of halogens is 1. The normalized spacial score (nSPS) is 15.3. The fraction of sp³-hybridized carbons (Fsp3) is 0.214. The Kier molecular flexibility index (Phi) is 5.66. The number of carbonyl (C=O) groups excluding carboxylic acids is 1. The Morgan fingerprint density at radius 3 is 2.29 bits per heavy atom. The summed E-state index contributed by atoms with van der Waals surface area (Å²) in [6.45, 7) is 4.16. The van der Waals surface area contributed by atoms with Crippen LogP contribution in [0.4, 0.5) is 11.4 Å².